The molecular formula is C19H25N3O3. The van der Waals surface area contributed by atoms with Gasteiger partial charge in [0.15, 0.2) is 0 Å². The van der Waals surface area contributed by atoms with Crippen molar-refractivity contribution in [2.75, 3.05) is 32.8 Å². The molecule has 3 rings (SSSR count). The van der Waals surface area contributed by atoms with Gasteiger partial charge in [-0.15, -0.1) is 0 Å². The highest BCUT2D eigenvalue weighted by atomic mass is 16.2. The fraction of sp³-hybridized carbons (Fsp3) is 0.526. The van der Waals surface area contributed by atoms with Gasteiger partial charge in [-0.1, -0.05) is 12.1 Å². The van der Waals surface area contributed by atoms with Crippen molar-refractivity contribution in [1.29, 1.82) is 0 Å². The summed E-state index contributed by atoms with van der Waals surface area (Å²) in [5, 5.41) is 0. The van der Waals surface area contributed by atoms with E-state index in [1.165, 1.54) is 4.90 Å². The minimum atomic E-state index is -0.238. The van der Waals surface area contributed by atoms with Crippen LogP contribution in [0.3, 0.4) is 0 Å². The Morgan fingerprint density at radius 3 is 2.28 bits per heavy atom. The van der Waals surface area contributed by atoms with Crippen molar-refractivity contribution in [3.63, 3.8) is 0 Å². The largest absolute Gasteiger partial charge is 0.343 e. The zero-order chi connectivity index (χ0) is 18.0. The van der Waals surface area contributed by atoms with Crippen LogP contribution < -0.4 is 0 Å². The molecule has 0 spiro atoms. The van der Waals surface area contributed by atoms with Crippen molar-refractivity contribution < 1.29 is 14.4 Å². The van der Waals surface area contributed by atoms with E-state index in [0.29, 0.717) is 30.8 Å². The van der Waals surface area contributed by atoms with Crippen molar-refractivity contribution in [2.24, 2.45) is 5.92 Å². The number of rotatable bonds is 5. The van der Waals surface area contributed by atoms with E-state index < -0.39 is 0 Å². The summed E-state index contributed by atoms with van der Waals surface area (Å²) in [6.45, 7) is 7.06. The molecule has 6 nitrogen and oxygen atoms in total. The molecule has 1 aromatic carbocycles. The van der Waals surface area contributed by atoms with Crippen molar-refractivity contribution in [3.8, 4) is 0 Å². The van der Waals surface area contributed by atoms with E-state index in [1.54, 1.807) is 24.3 Å². The molecule has 1 fully saturated rings. The number of piperidine rings is 1. The fourth-order valence-electron chi connectivity index (χ4n) is 3.75. The number of hydrogen-bond acceptors (Lipinski definition) is 4. The second kappa shape index (κ2) is 7.35. The molecule has 0 N–H and O–H groups in total. The lowest BCUT2D eigenvalue weighted by Gasteiger charge is -2.35. The zero-order valence-corrected chi connectivity index (χ0v) is 14.9. The van der Waals surface area contributed by atoms with Crippen LogP contribution >= 0.6 is 0 Å². The minimum Gasteiger partial charge on any atom is -0.343 e. The first-order valence-electron chi connectivity index (χ1n) is 9.03. The van der Waals surface area contributed by atoms with Crippen LogP contribution in [0.15, 0.2) is 24.3 Å². The summed E-state index contributed by atoms with van der Waals surface area (Å²) in [6.07, 6.45) is 1.77. The molecule has 1 aromatic rings. The third kappa shape index (κ3) is 3.31. The van der Waals surface area contributed by atoms with Crippen LogP contribution in [0, 0.1) is 5.92 Å². The first-order chi connectivity index (χ1) is 12.1. The van der Waals surface area contributed by atoms with E-state index in [4.69, 9.17) is 0 Å². The molecular weight excluding hydrogens is 318 g/mol. The van der Waals surface area contributed by atoms with Gasteiger partial charge < -0.3 is 4.90 Å². The topological polar surface area (TPSA) is 60.9 Å². The third-order valence-electron chi connectivity index (χ3n) is 5.15. The molecule has 1 atom stereocenters. The molecule has 2 heterocycles. The van der Waals surface area contributed by atoms with Gasteiger partial charge in [-0.05, 0) is 45.4 Å². The monoisotopic (exact) mass is 343 g/mol. The van der Waals surface area contributed by atoms with Crippen LogP contribution in [-0.4, -0.2) is 65.3 Å². The minimum absolute atomic E-state index is 0.0520. The Morgan fingerprint density at radius 1 is 1.12 bits per heavy atom. The molecule has 0 saturated carbocycles. The van der Waals surface area contributed by atoms with Gasteiger partial charge in [0.2, 0.25) is 5.91 Å². The number of amides is 3. The number of benzene rings is 1. The van der Waals surface area contributed by atoms with Crippen LogP contribution in [0.5, 0.6) is 0 Å². The van der Waals surface area contributed by atoms with Gasteiger partial charge in [0, 0.05) is 19.6 Å². The second-order valence-corrected chi connectivity index (χ2v) is 6.65. The second-order valence-electron chi connectivity index (χ2n) is 6.65. The number of hydrogen-bond donors (Lipinski definition) is 0. The quantitative estimate of drug-likeness (QED) is 0.765. The highest BCUT2D eigenvalue weighted by Crippen LogP contribution is 2.25. The Morgan fingerprint density at radius 2 is 1.72 bits per heavy atom. The van der Waals surface area contributed by atoms with E-state index in [1.807, 2.05) is 18.7 Å². The van der Waals surface area contributed by atoms with Gasteiger partial charge in [0.1, 0.15) is 0 Å². The normalized spacial score (nSPS) is 20.7. The van der Waals surface area contributed by atoms with Crippen LogP contribution in [0.25, 0.3) is 0 Å². The predicted molar refractivity (Wildman–Crippen MR) is 94.0 cm³/mol. The SMILES string of the molecule is CCN(CC)C(=O)C1CCCN(CN2C(=O)c3ccccc3C2=O)C1. The average Bonchev–Trinajstić information content (AvgIpc) is 2.88. The molecule has 6 heteroatoms. The maximum Gasteiger partial charge on any atom is 0.262 e. The van der Waals surface area contributed by atoms with E-state index >= 15 is 0 Å². The number of imide groups is 1. The molecule has 25 heavy (non-hydrogen) atoms. The molecule has 134 valence electrons. The smallest absolute Gasteiger partial charge is 0.262 e. The summed E-state index contributed by atoms with van der Waals surface area (Å²) in [5.41, 5.74) is 0.945. The molecule has 0 aromatic heterocycles. The molecule has 1 saturated heterocycles. The Hall–Kier alpha value is -2.21. The van der Waals surface area contributed by atoms with E-state index in [9.17, 15) is 14.4 Å². The average molecular weight is 343 g/mol. The van der Waals surface area contributed by atoms with E-state index in [0.717, 1.165) is 19.4 Å². The molecule has 2 aliphatic heterocycles. The Bertz CT molecular complexity index is 649. The van der Waals surface area contributed by atoms with Crippen molar-refractivity contribution >= 4 is 17.7 Å². The summed E-state index contributed by atoms with van der Waals surface area (Å²) in [5.74, 6) is -0.350. The standard InChI is InChI=1S/C19H25N3O3/c1-3-21(4-2)17(23)14-8-7-11-20(12-14)13-22-18(24)15-9-5-6-10-16(15)19(22)25/h5-6,9-10,14H,3-4,7-8,11-13H2,1-2H3. The first kappa shape index (κ1) is 17.6. The Balaban J connectivity index is 1.67. The molecule has 0 bridgehead atoms. The molecule has 0 radical (unpaired) electrons. The van der Waals surface area contributed by atoms with Crippen LogP contribution in [-0.2, 0) is 4.79 Å². The van der Waals surface area contributed by atoms with Crippen LogP contribution in [0.4, 0.5) is 0 Å². The summed E-state index contributed by atoms with van der Waals surface area (Å²) < 4.78 is 0. The number of nitrogens with zero attached hydrogens (tertiary/aromatic N) is 3. The summed E-state index contributed by atoms with van der Waals surface area (Å²) in [7, 11) is 0. The van der Waals surface area contributed by atoms with Gasteiger partial charge in [-0.25, -0.2) is 0 Å². The highest BCUT2D eigenvalue weighted by Gasteiger charge is 2.37. The van der Waals surface area contributed by atoms with Crippen LogP contribution in [0.2, 0.25) is 0 Å². The van der Waals surface area contributed by atoms with Crippen molar-refractivity contribution in [3.05, 3.63) is 35.4 Å². The lowest BCUT2D eigenvalue weighted by Crippen LogP contribution is -2.49. The van der Waals surface area contributed by atoms with Gasteiger partial charge >= 0.3 is 0 Å². The Kier molecular flexibility index (Phi) is 5.18. The van der Waals surface area contributed by atoms with Crippen molar-refractivity contribution in [1.82, 2.24) is 14.7 Å². The summed E-state index contributed by atoms with van der Waals surface area (Å²) in [6, 6.07) is 6.93. The third-order valence-corrected chi connectivity index (χ3v) is 5.15. The van der Waals surface area contributed by atoms with Crippen molar-refractivity contribution in [2.45, 2.75) is 26.7 Å². The predicted octanol–water partition coefficient (Wildman–Crippen LogP) is 1.82. The lowest BCUT2D eigenvalue weighted by atomic mass is 9.96. The number of fused-ring (bicyclic) bond motifs is 1. The van der Waals surface area contributed by atoms with Gasteiger partial charge in [0.05, 0.1) is 23.7 Å². The molecule has 1 unspecified atom stereocenters. The first-order valence-corrected chi connectivity index (χ1v) is 9.03. The summed E-state index contributed by atoms with van der Waals surface area (Å²) >= 11 is 0. The Labute approximate surface area is 148 Å². The number of carbonyl (C=O) groups excluding carboxylic acids is 3. The van der Waals surface area contributed by atoms with Gasteiger partial charge in [-0.3, -0.25) is 24.2 Å². The van der Waals surface area contributed by atoms with Crippen LogP contribution in [0.1, 0.15) is 47.4 Å². The van der Waals surface area contributed by atoms with E-state index in [2.05, 4.69) is 4.90 Å². The lowest BCUT2D eigenvalue weighted by molar-refractivity contribution is -0.137. The maximum absolute atomic E-state index is 12.6. The molecule has 2 aliphatic rings. The fourth-order valence-corrected chi connectivity index (χ4v) is 3.75. The van der Waals surface area contributed by atoms with Gasteiger partial charge in [-0.2, -0.15) is 0 Å². The van der Waals surface area contributed by atoms with Gasteiger partial charge in [0.25, 0.3) is 11.8 Å². The molecule has 0 aliphatic carbocycles. The van der Waals surface area contributed by atoms with E-state index in [-0.39, 0.29) is 30.3 Å². The molecule has 3 amide bonds. The summed E-state index contributed by atoms with van der Waals surface area (Å²) in [4.78, 5) is 42.8. The number of carbonyl (C=O) groups is 3. The maximum atomic E-state index is 12.6. The number of likely N-dealkylation sites (tertiary alicyclic amines) is 1. The highest BCUT2D eigenvalue weighted by molar-refractivity contribution is 6.21. The zero-order valence-electron chi connectivity index (χ0n) is 14.9.